The van der Waals surface area contributed by atoms with Crippen LogP contribution in [-0.4, -0.2) is 20.0 Å². The van der Waals surface area contributed by atoms with E-state index in [-0.39, 0.29) is 0 Å². The molecule has 0 saturated carbocycles. The molecule has 24 heavy (non-hydrogen) atoms. The first-order chi connectivity index (χ1) is 11.7. The number of rotatable bonds is 4. The summed E-state index contributed by atoms with van der Waals surface area (Å²) in [6.07, 6.45) is 2.81. The van der Waals surface area contributed by atoms with Crippen molar-refractivity contribution >= 4 is 44.8 Å². The van der Waals surface area contributed by atoms with Crippen molar-refractivity contribution in [1.29, 1.82) is 0 Å². The largest absolute Gasteiger partial charge is 0.462 e. The molecule has 0 bridgehead atoms. The maximum absolute atomic E-state index is 6.08. The van der Waals surface area contributed by atoms with E-state index < -0.39 is 6.23 Å². The Labute approximate surface area is 151 Å². The maximum atomic E-state index is 6.08. The molecule has 0 radical (unpaired) electrons. The van der Waals surface area contributed by atoms with Crippen molar-refractivity contribution in [2.24, 2.45) is 0 Å². The molecule has 0 spiro atoms. The van der Waals surface area contributed by atoms with Crippen molar-refractivity contribution in [3.05, 3.63) is 69.9 Å². The van der Waals surface area contributed by atoms with E-state index in [4.69, 9.17) is 27.9 Å². The van der Waals surface area contributed by atoms with Crippen LogP contribution in [0, 0.1) is 0 Å². The third kappa shape index (κ3) is 3.08. The normalized spacial score (nSPS) is 12.4. The molecule has 0 aliphatic heterocycles. The summed E-state index contributed by atoms with van der Waals surface area (Å²) in [6.45, 7) is 0. The fourth-order valence-corrected chi connectivity index (χ4v) is 3.62. The molecular weight excluding hydrogens is 367 g/mol. The van der Waals surface area contributed by atoms with Crippen molar-refractivity contribution < 1.29 is 4.74 Å². The molecule has 1 atom stereocenters. The van der Waals surface area contributed by atoms with Crippen LogP contribution in [0.2, 0.25) is 10.0 Å². The second-order valence-corrected chi connectivity index (χ2v) is 6.91. The number of hydrogen-bond donors (Lipinski definition) is 0. The molecule has 0 aliphatic carbocycles. The van der Waals surface area contributed by atoms with Crippen LogP contribution >= 0.6 is 34.5 Å². The van der Waals surface area contributed by atoms with Crippen LogP contribution in [0.3, 0.4) is 0 Å². The monoisotopic (exact) mass is 376 g/mol. The second-order valence-electron chi connectivity index (χ2n) is 4.97. The Balaban J connectivity index is 1.75. The number of fused-ring (bicyclic) bond motifs is 1. The van der Waals surface area contributed by atoms with Crippen molar-refractivity contribution in [2.75, 3.05) is 0 Å². The quantitative estimate of drug-likeness (QED) is 0.512. The van der Waals surface area contributed by atoms with E-state index in [0.717, 1.165) is 15.2 Å². The van der Waals surface area contributed by atoms with Gasteiger partial charge in [-0.1, -0.05) is 28.4 Å². The molecule has 4 rings (SSSR count). The summed E-state index contributed by atoms with van der Waals surface area (Å²) < 4.78 is 8.68. The third-order valence-electron chi connectivity index (χ3n) is 3.32. The fraction of sp³-hybridized carbons (Fsp3) is 0.0625. The van der Waals surface area contributed by atoms with Crippen LogP contribution in [0.4, 0.5) is 0 Å². The lowest BCUT2D eigenvalue weighted by Crippen LogP contribution is -2.18. The summed E-state index contributed by atoms with van der Waals surface area (Å²) in [5, 5.41) is 9.99. The van der Waals surface area contributed by atoms with Crippen LogP contribution in [0.1, 0.15) is 11.2 Å². The van der Waals surface area contributed by atoms with Crippen LogP contribution in [0.5, 0.6) is 5.75 Å². The highest BCUT2D eigenvalue weighted by atomic mass is 35.5. The summed E-state index contributed by atoms with van der Waals surface area (Å²) >= 11 is 13.5. The summed E-state index contributed by atoms with van der Waals surface area (Å²) in [6, 6.07) is 12.7. The lowest BCUT2D eigenvalue weighted by molar-refractivity contribution is 0.156. The van der Waals surface area contributed by atoms with Gasteiger partial charge in [-0.25, -0.2) is 9.67 Å². The standard InChI is InChI=1S/C16H10Cl2N4OS/c17-10-1-4-12(5-2-10)23-16(22-8-7-19-21-22)15-20-13-6-3-11(18)9-14(13)24-15/h1-9,16H. The summed E-state index contributed by atoms with van der Waals surface area (Å²) in [7, 11) is 0. The maximum Gasteiger partial charge on any atom is 0.245 e. The molecule has 8 heteroatoms. The topological polar surface area (TPSA) is 52.8 Å². The molecule has 0 aliphatic rings. The van der Waals surface area contributed by atoms with Crippen LogP contribution in [0.15, 0.2) is 54.9 Å². The highest BCUT2D eigenvalue weighted by Gasteiger charge is 2.21. The first-order valence-corrected chi connectivity index (χ1v) is 8.60. The summed E-state index contributed by atoms with van der Waals surface area (Å²) in [4.78, 5) is 4.64. The van der Waals surface area contributed by atoms with Gasteiger partial charge in [0.25, 0.3) is 0 Å². The molecule has 2 aromatic carbocycles. The molecule has 0 saturated heterocycles. The molecule has 2 aromatic heterocycles. The molecule has 0 N–H and O–H groups in total. The van der Waals surface area contributed by atoms with Gasteiger partial charge in [-0.3, -0.25) is 0 Å². The van der Waals surface area contributed by atoms with Gasteiger partial charge >= 0.3 is 0 Å². The second kappa shape index (κ2) is 6.39. The van der Waals surface area contributed by atoms with Gasteiger partial charge in [0, 0.05) is 16.2 Å². The molecule has 0 amide bonds. The minimum absolute atomic E-state index is 0.523. The Kier molecular flexibility index (Phi) is 4.10. The van der Waals surface area contributed by atoms with Crippen LogP contribution in [0.25, 0.3) is 10.2 Å². The average molecular weight is 377 g/mol. The number of ether oxygens (including phenoxy) is 1. The SMILES string of the molecule is Clc1ccc(OC(c2nc3ccc(Cl)cc3s2)n2ccnn2)cc1. The van der Waals surface area contributed by atoms with Crippen molar-refractivity contribution in [3.8, 4) is 5.75 Å². The molecule has 1 unspecified atom stereocenters. The zero-order valence-electron chi connectivity index (χ0n) is 12.1. The lowest BCUT2D eigenvalue weighted by atomic mass is 10.3. The Morgan fingerprint density at radius 2 is 1.83 bits per heavy atom. The van der Waals surface area contributed by atoms with E-state index in [1.807, 2.05) is 18.2 Å². The molecule has 120 valence electrons. The molecule has 5 nitrogen and oxygen atoms in total. The minimum atomic E-state index is -0.523. The zero-order valence-corrected chi connectivity index (χ0v) is 14.5. The average Bonchev–Trinajstić information content (AvgIpc) is 3.23. The van der Waals surface area contributed by atoms with Gasteiger partial charge in [-0.2, -0.15) is 0 Å². The Bertz CT molecular complexity index is 970. The van der Waals surface area contributed by atoms with Gasteiger partial charge in [-0.05, 0) is 42.5 Å². The smallest absolute Gasteiger partial charge is 0.245 e. The molecular formula is C16H10Cl2N4OS. The number of thiazole rings is 1. The predicted octanol–water partition coefficient (Wildman–Crippen LogP) is 4.82. The molecule has 4 aromatic rings. The van der Waals surface area contributed by atoms with Gasteiger partial charge in [-0.15, -0.1) is 16.4 Å². The number of hydrogen-bond acceptors (Lipinski definition) is 5. The molecule has 0 fully saturated rings. The van der Waals surface area contributed by atoms with Crippen molar-refractivity contribution in [1.82, 2.24) is 20.0 Å². The number of halogens is 2. The first-order valence-electron chi connectivity index (χ1n) is 7.03. The number of nitrogens with zero attached hydrogens (tertiary/aromatic N) is 4. The van der Waals surface area contributed by atoms with Gasteiger partial charge in [0.15, 0.2) is 5.01 Å². The van der Waals surface area contributed by atoms with E-state index >= 15 is 0 Å². The minimum Gasteiger partial charge on any atom is -0.462 e. The van der Waals surface area contributed by atoms with E-state index in [0.29, 0.717) is 15.8 Å². The Morgan fingerprint density at radius 1 is 1.04 bits per heavy atom. The van der Waals surface area contributed by atoms with Crippen LogP contribution in [-0.2, 0) is 0 Å². The van der Waals surface area contributed by atoms with Gasteiger partial charge < -0.3 is 4.74 Å². The third-order valence-corrected chi connectivity index (χ3v) is 4.86. The lowest BCUT2D eigenvalue weighted by Gasteiger charge is -2.16. The summed E-state index contributed by atoms with van der Waals surface area (Å²) in [5.74, 6) is 0.664. The summed E-state index contributed by atoms with van der Waals surface area (Å²) in [5.41, 5.74) is 0.865. The highest BCUT2D eigenvalue weighted by molar-refractivity contribution is 7.18. The van der Waals surface area contributed by atoms with Gasteiger partial charge in [0.1, 0.15) is 5.75 Å². The fourth-order valence-electron chi connectivity index (χ4n) is 2.22. The Hall–Kier alpha value is -2.15. The number of benzene rings is 2. The molecule has 2 heterocycles. The van der Waals surface area contributed by atoms with E-state index in [9.17, 15) is 0 Å². The van der Waals surface area contributed by atoms with E-state index in [1.165, 1.54) is 11.3 Å². The van der Waals surface area contributed by atoms with Gasteiger partial charge in [0.2, 0.25) is 6.23 Å². The number of aromatic nitrogens is 4. The predicted molar refractivity (Wildman–Crippen MR) is 94.9 cm³/mol. The van der Waals surface area contributed by atoms with Gasteiger partial charge in [0.05, 0.1) is 16.4 Å². The first kappa shape index (κ1) is 15.4. The highest BCUT2D eigenvalue weighted by Crippen LogP contribution is 2.32. The van der Waals surface area contributed by atoms with Crippen molar-refractivity contribution in [2.45, 2.75) is 6.23 Å². The van der Waals surface area contributed by atoms with Crippen LogP contribution < -0.4 is 4.74 Å². The van der Waals surface area contributed by atoms with E-state index in [2.05, 4.69) is 15.3 Å². The van der Waals surface area contributed by atoms with E-state index in [1.54, 1.807) is 41.3 Å². The zero-order chi connectivity index (χ0) is 16.5. The Morgan fingerprint density at radius 3 is 2.58 bits per heavy atom. The van der Waals surface area contributed by atoms with Crippen molar-refractivity contribution in [3.63, 3.8) is 0 Å².